The molecule has 1 atom stereocenters. The Balaban J connectivity index is 1.89. The molecule has 0 aliphatic carbocycles. The molecule has 0 aromatic carbocycles. The summed E-state index contributed by atoms with van der Waals surface area (Å²) < 4.78 is 0. The highest BCUT2D eigenvalue weighted by Crippen LogP contribution is 2.24. The summed E-state index contributed by atoms with van der Waals surface area (Å²) in [5, 5.41) is 8.91. The topological polar surface area (TPSA) is 37.6 Å². The number of rotatable bonds is 10. The first-order chi connectivity index (χ1) is 10.8. The standard InChI is InChI=1S/C19H29N3/c1-3-5-7-8-12-16(11-6-4-2)18-15-19(22-21-18)17-13-9-10-14-20-17/h9-10,13-14,16H,3-8,11-12,15H2,1-2H3. The van der Waals surface area contributed by atoms with E-state index in [-0.39, 0.29) is 0 Å². The summed E-state index contributed by atoms with van der Waals surface area (Å²) in [7, 11) is 0. The first-order valence-electron chi connectivity index (χ1n) is 8.89. The second kappa shape index (κ2) is 9.50. The highest BCUT2D eigenvalue weighted by molar-refractivity contribution is 6.14. The van der Waals surface area contributed by atoms with Crippen LogP contribution < -0.4 is 0 Å². The maximum Gasteiger partial charge on any atom is 0.0943 e. The van der Waals surface area contributed by atoms with E-state index in [2.05, 4.69) is 29.0 Å². The highest BCUT2D eigenvalue weighted by atomic mass is 15.2. The van der Waals surface area contributed by atoms with E-state index in [1.807, 2.05) is 24.4 Å². The number of hydrogen-bond donors (Lipinski definition) is 0. The fraction of sp³-hybridized carbons (Fsp3) is 0.632. The maximum absolute atomic E-state index is 4.51. The van der Waals surface area contributed by atoms with Gasteiger partial charge in [-0.05, 0) is 30.9 Å². The maximum atomic E-state index is 4.51. The van der Waals surface area contributed by atoms with Crippen LogP contribution in [-0.2, 0) is 0 Å². The van der Waals surface area contributed by atoms with Gasteiger partial charge in [-0.25, -0.2) is 0 Å². The molecule has 1 aliphatic rings. The quantitative estimate of drug-likeness (QED) is 0.532. The van der Waals surface area contributed by atoms with Gasteiger partial charge in [0.15, 0.2) is 0 Å². The van der Waals surface area contributed by atoms with Crippen LogP contribution in [0.5, 0.6) is 0 Å². The molecule has 0 fully saturated rings. The third-order valence-corrected chi connectivity index (χ3v) is 4.39. The fourth-order valence-electron chi connectivity index (χ4n) is 3.01. The molecule has 0 spiro atoms. The zero-order valence-corrected chi connectivity index (χ0v) is 14.1. The molecule has 3 nitrogen and oxygen atoms in total. The van der Waals surface area contributed by atoms with Crippen LogP contribution in [-0.4, -0.2) is 16.4 Å². The molecule has 0 saturated carbocycles. The van der Waals surface area contributed by atoms with Gasteiger partial charge in [0.25, 0.3) is 0 Å². The Bertz CT molecular complexity index is 491. The summed E-state index contributed by atoms with van der Waals surface area (Å²) in [5.74, 6) is 0.613. The van der Waals surface area contributed by atoms with Crippen LogP contribution in [0, 0.1) is 5.92 Å². The minimum absolute atomic E-state index is 0.613. The summed E-state index contributed by atoms with van der Waals surface area (Å²) >= 11 is 0. The largest absolute Gasteiger partial charge is 0.255 e. The minimum atomic E-state index is 0.613. The third-order valence-electron chi connectivity index (χ3n) is 4.39. The Kier molecular flexibility index (Phi) is 7.27. The molecular weight excluding hydrogens is 270 g/mol. The van der Waals surface area contributed by atoms with Gasteiger partial charge in [0, 0.05) is 18.3 Å². The van der Waals surface area contributed by atoms with E-state index in [0.29, 0.717) is 5.92 Å². The molecule has 2 rings (SSSR count). The molecule has 3 heteroatoms. The number of hydrogen-bond acceptors (Lipinski definition) is 3. The Labute approximate surface area is 135 Å². The average Bonchev–Trinajstić information content (AvgIpc) is 3.05. The van der Waals surface area contributed by atoms with Crippen molar-refractivity contribution in [3.8, 4) is 0 Å². The van der Waals surface area contributed by atoms with Crippen molar-refractivity contribution in [2.45, 2.75) is 71.6 Å². The average molecular weight is 299 g/mol. The number of nitrogens with zero attached hydrogens (tertiary/aromatic N) is 3. The van der Waals surface area contributed by atoms with Gasteiger partial charge in [-0.1, -0.05) is 58.4 Å². The monoisotopic (exact) mass is 299 g/mol. The van der Waals surface area contributed by atoms with Crippen LogP contribution in [0.3, 0.4) is 0 Å². The molecule has 22 heavy (non-hydrogen) atoms. The normalized spacial score (nSPS) is 15.5. The van der Waals surface area contributed by atoms with Crippen molar-refractivity contribution in [1.82, 2.24) is 4.98 Å². The van der Waals surface area contributed by atoms with E-state index >= 15 is 0 Å². The van der Waals surface area contributed by atoms with Crippen LogP contribution in [0.25, 0.3) is 0 Å². The second-order valence-electron chi connectivity index (χ2n) is 6.22. The number of pyridine rings is 1. The van der Waals surface area contributed by atoms with Gasteiger partial charge >= 0.3 is 0 Å². The fourth-order valence-corrected chi connectivity index (χ4v) is 3.01. The molecule has 1 aliphatic heterocycles. The smallest absolute Gasteiger partial charge is 0.0943 e. The van der Waals surface area contributed by atoms with Crippen molar-refractivity contribution in [3.63, 3.8) is 0 Å². The second-order valence-corrected chi connectivity index (χ2v) is 6.22. The lowest BCUT2D eigenvalue weighted by molar-refractivity contribution is 0.503. The summed E-state index contributed by atoms with van der Waals surface area (Å²) in [6.07, 6.45) is 13.1. The molecule has 120 valence electrons. The van der Waals surface area contributed by atoms with Crippen molar-refractivity contribution >= 4 is 11.4 Å². The van der Waals surface area contributed by atoms with Crippen molar-refractivity contribution in [3.05, 3.63) is 30.1 Å². The molecule has 1 unspecified atom stereocenters. The van der Waals surface area contributed by atoms with Crippen molar-refractivity contribution < 1.29 is 0 Å². The van der Waals surface area contributed by atoms with E-state index in [0.717, 1.165) is 17.8 Å². The SMILES string of the molecule is CCCCCCC(CCCC)C1=NN=C(c2ccccn2)C1. The molecule has 1 aromatic rings. The van der Waals surface area contributed by atoms with E-state index in [4.69, 9.17) is 0 Å². The van der Waals surface area contributed by atoms with Crippen LogP contribution >= 0.6 is 0 Å². The lowest BCUT2D eigenvalue weighted by atomic mass is 9.88. The van der Waals surface area contributed by atoms with Crippen molar-refractivity contribution in [2.24, 2.45) is 16.1 Å². The molecule has 0 bridgehead atoms. The van der Waals surface area contributed by atoms with Gasteiger partial charge in [-0.2, -0.15) is 10.2 Å². The van der Waals surface area contributed by atoms with E-state index in [9.17, 15) is 0 Å². The van der Waals surface area contributed by atoms with Crippen LogP contribution in [0.15, 0.2) is 34.6 Å². The summed E-state index contributed by atoms with van der Waals surface area (Å²) in [4.78, 5) is 4.40. The predicted molar refractivity (Wildman–Crippen MR) is 94.6 cm³/mol. The molecule has 0 N–H and O–H groups in total. The molecule has 2 heterocycles. The number of unbranched alkanes of at least 4 members (excludes halogenated alkanes) is 4. The van der Waals surface area contributed by atoms with E-state index in [1.165, 1.54) is 57.1 Å². The Morgan fingerprint density at radius 1 is 0.955 bits per heavy atom. The Morgan fingerprint density at radius 2 is 1.77 bits per heavy atom. The highest BCUT2D eigenvalue weighted by Gasteiger charge is 2.22. The van der Waals surface area contributed by atoms with Crippen molar-refractivity contribution in [1.29, 1.82) is 0 Å². The zero-order chi connectivity index (χ0) is 15.6. The zero-order valence-electron chi connectivity index (χ0n) is 14.1. The van der Waals surface area contributed by atoms with Gasteiger partial charge in [0.2, 0.25) is 0 Å². The Morgan fingerprint density at radius 3 is 2.50 bits per heavy atom. The Hall–Kier alpha value is -1.51. The van der Waals surface area contributed by atoms with Gasteiger partial charge in [0.1, 0.15) is 0 Å². The van der Waals surface area contributed by atoms with E-state index in [1.54, 1.807) is 0 Å². The summed E-state index contributed by atoms with van der Waals surface area (Å²) in [5.41, 5.74) is 3.29. The number of aromatic nitrogens is 1. The first kappa shape index (κ1) is 16.9. The molecule has 0 amide bonds. The lowest BCUT2D eigenvalue weighted by Crippen LogP contribution is -2.16. The first-order valence-corrected chi connectivity index (χ1v) is 8.89. The van der Waals surface area contributed by atoms with Crippen LogP contribution in [0.4, 0.5) is 0 Å². The van der Waals surface area contributed by atoms with Gasteiger partial charge in [-0.15, -0.1) is 0 Å². The third kappa shape index (κ3) is 5.04. The molecular formula is C19H29N3. The predicted octanol–water partition coefficient (Wildman–Crippen LogP) is 5.41. The lowest BCUT2D eigenvalue weighted by Gasteiger charge is -2.16. The van der Waals surface area contributed by atoms with Gasteiger partial charge in [-0.3, -0.25) is 4.98 Å². The van der Waals surface area contributed by atoms with Crippen molar-refractivity contribution in [2.75, 3.05) is 0 Å². The van der Waals surface area contributed by atoms with Crippen LogP contribution in [0.1, 0.15) is 77.3 Å². The minimum Gasteiger partial charge on any atom is -0.255 e. The summed E-state index contributed by atoms with van der Waals surface area (Å²) in [6, 6.07) is 5.99. The molecule has 0 radical (unpaired) electrons. The van der Waals surface area contributed by atoms with Crippen LogP contribution in [0.2, 0.25) is 0 Å². The summed E-state index contributed by atoms with van der Waals surface area (Å²) in [6.45, 7) is 4.53. The van der Waals surface area contributed by atoms with Gasteiger partial charge < -0.3 is 0 Å². The molecule has 0 saturated heterocycles. The van der Waals surface area contributed by atoms with Gasteiger partial charge in [0.05, 0.1) is 11.4 Å². The molecule has 1 aromatic heterocycles. The van der Waals surface area contributed by atoms with E-state index < -0.39 is 0 Å².